The van der Waals surface area contributed by atoms with Crippen molar-refractivity contribution in [1.29, 1.82) is 0 Å². The van der Waals surface area contributed by atoms with Crippen molar-refractivity contribution in [2.24, 2.45) is 0 Å². The minimum atomic E-state index is -0.242. The highest BCUT2D eigenvalue weighted by Gasteiger charge is 2.07. The molecule has 0 bridgehead atoms. The predicted molar refractivity (Wildman–Crippen MR) is 62.5 cm³/mol. The van der Waals surface area contributed by atoms with Crippen molar-refractivity contribution in [3.63, 3.8) is 0 Å². The first-order chi connectivity index (χ1) is 6.74. The molecule has 1 atom stereocenters. The van der Waals surface area contributed by atoms with Gasteiger partial charge in [0, 0.05) is 6.54 Å². The lowest BCUT2D eigenvalue weighted by atomic mass is 10.2. The lowest BCUT2D eigenvalue weighted by Gasteiger charge is -2.22. The fourth-order valence-corrected chi connectivity index (χ4v) is 1.53. The first-order valence-electron chi connectivity index (χ1n) is 5.75. The first kappa shape index (κ1) is 13.7. The van der Waals surface area contributed by atoms with E-state index in [2.05, 4.69) is 25.3 Å². The van der Waals surface area contributed by atoms with E-state index in [0.717, 1.165) is 19.6 Å². The summed E-state index contributed by atoms with van der Waals surface area (Å²) in [5, 5.41) is 9.59. The van der Waals surface area contributed by atoms with Gasteiger partial charge >= 0.3 is 0 Å². The van der Waals surface area contributed by atoms with Crippen molar-refractivity contribution in [3.8, 4) is 0 Å². The van der Waals surface area contributed by atoms with Crippen molar-refractivity contribution < 1.29 is 5.11 Å². The van der Waals surface area contributed by atoms with Crippen LogP contribution in [0.1, 0.15) is 39.5 Å². The number of unbranched alkanes of at least 4 members (excludes halogenated alkanes) is 2. The number of hydrogen-bond acceptors (Lipinski definition) is 2. The molecule has 2 heteroatoms. The molecular weight excluding hydrogens is 174 g/mol. The third-order valence-electron chi connectivity index (χ3n) is 2.43. The summed E-state index contributed by atoms with van der Waals surface area (Å²) in [6, 6.07) is 0. The van der Waals surface area contributed by atoms with Gasteiger partial charge in [0.25, 0.3) is 0 Å². The van der Waals surface area contributed by atoms with Crippen LogP contribution in [-0.2, 0) is 0 Å². The van der Waals surface area contributed by atoms with Crippen molar-refractivity contribution in [1.82, 2.24) is 4.90 Å². The van der Waals surface area contributed by atoms with Crippen molar-refractivity contribution in [3.05, 3.63) is 12.7 Å². The van der Waals surface area contributed by atoms with Crippen LogP contribution in [0.25, 0.3) is 0 Å². The smallest absolute Gasteiger partial charge is 0.0701 e. The van der Waals surface area contributed by atoms with Crippen LogP contribution < -0.4 is 0 Å². The van der Waals surface area contributed by atoms with Crippen molar-refractivity contribution in [2.45, 2.75) is 45.6 Å². The molecule has 0 spiro atoms. The van der Waals surface area contributed by atoms with Crippen LogP contribution in [0.15, 0.2) is 12.7 Å². The van der Waals surface area contributed by atoms with Crippen LogP contribution in [-0.4, -0.2) is 35.7 Å². The molecule has 1 unspecified atom stereocenters. The van der Waals surface area contributed by atoms with Gasteiger partial charge in [-0.15, -0.1) is 6.58 Å². The first-order valence-corrected chi connectivity index (χ1v) is 5.75. The van der Waals surface area contributed by atoms with Crippen LogP contribution in [0.2, 0.25) is 0 Å². The summed E-state index contributed by atoms with van der Waals surface area (Å²) in [7, 11) is 0. The Balaban J connectivity index is 3.60. The zero-order valence-electron chi connectivity index (χ0n) is 9.71. The Morgan fingerprint density at radius 3 is 2.57 bits per heavy atom. The molecular formula is C12H25NO. The SMILES string of the molecule is C=CCC(O)CN(CC)CCCCC. The molecule has 0 aromatic rings. The summed E-state index contributed by atoms with van der Waals surface area (Å²) < 4.78 is 0. The van der Waals surface area contributed by atoms with Gasteiger partial charge in [0.05, 0.1) is 6.10 Å². The van der Waals surface area contributed by atoms with Gasteiger partial charge in [-0.25, -0.2) is 0 Å². The van der Waals surface area contributed by atoms with Gasteiger partial charge in [-0.3, -0.25) is 0 Å². The largest absolute Gasteiger partial charge is 0.391 e. The van der Waals surface area contributed by atoms with E-state index in [1.165, 1.54) is 19.3 Å². The Morgan fingerprint density at radius 2 is 2.07 bits per heavy atom. The Kier molecular flexibility index (Phi) is 9.00. The quantitative estimate of drug-likeness (QED) is 0.455. The van der Waals surface area contributed by atoms with E-state index in [1.54, 1.807) is 6.08 Å². The average Bonchev–Trinajstić information content (AvgIpc) is 2.17. The number of nitrogens with zero attached hydrogens (tertiary/aromatic N) is 1. The van der Waals surface area contributed by atoms with Gasteiger partial charge < -0.3 is 10.0 Å². The minimum Gasteiger partial charge on any atom is -0.391 e. The summed E-state index contributed by atoms with van der Waals surface area (Å²) in [6.45, 7) is 10.9. The van der Waals surface area contributed by atoms with Crippen LogP contribution in [0.5, 0.6) is 0 Å². The summed E-state index contributed by atoms with van der Waals surface area (Å²) in [4.78, 5) is 2.31. The second-order valence-electron chi connectivity index (χ2n) is 3.78. The molecule has 0 rings (SSSR count). The molecule has 0 aliphatic carbocycles. The Hall–Kier alpha value is -0.340. The molecule has 0 aliphatic heterocycles. The number of likely N-dealkylation sites (N-methyl/N-ethyl adjacent to an activating group) is 1. The molecule has 1 N–H and O–H groups in total. The molecule has 0 aromatic heterocycles. The Bertz CT molecular complexity index is 136. The lowest BCUT2D eigenvalue weighted by Crippen LogP contribution is -2.32. The minimum absolute atomic E-state index is 0.242. The fraction of sp³-hybridized carbons (Fsp3) is 0.833. The molecule has 0 aliphatic rings. The van der Waals surface area contributed by atoms with Gasteiger partial charge in [0.2, 0.25) is 0 Å². The third-order valence-corrected chi connectivity index (χ3v) is 2.43. The molecule has 0 saturated carbocycles. The number of hydrogen-bond donors (Lipinski definition) is 1. The van der Waals surface area contributed by atoms with Crippen molar-refractivity contribution >= 4 is 0 Å². The highest BCUT2D eigenvalue weighted by atomic mass is 16.3. The maximum Gasteiger partial charge on any atom is 0.0701 e. The third kappa shape index (κ3) is 7.10. The van der Waals surface area contributed by atoms with E-state index in [0.29, 0.717) is 6.42 Å². The second-order valence-corrected chi connectivity index (χ2v) is 3.78. The monoisotopic (exact) mass is 199 g/mol. The molecule has 14 heavy (non-hydrogen) atoms. The summed E-state index contributed by atoms with van der Waals surface area (Å²) in [5.74, 6) is 0. The predicted octanol–water partition coefficient (Wildman–Crippen LogP) is 2.44. The highest BCUT2D eigenvalue weighted by Crippen LogP contribution is 2.01. The van der Waals surface area contributed by atoms with Gasteiger partial charge in [-0.1, -0.05) is 32.8 Å². The molecule has 0 heterocycles. The van der Waals surface area contributed by atoms with E-state index >= 15 is 0 Å². The van der Waals surface area contributed by atoms with Gasteiger partial charge in [0.15, 0.2) is 0 Å². The van der Waals surface area contributed by atoms with Crippen LogP contribution in [0.4, 0.5) is 0 Å². The lowest BCUT2D eigenvalue weighted by molar-refractivity contribution is 0.116. The molecule has 0 fully saturated rings. The topological polar surface area (TPSA) is 23.5 Å². The summed E-state index contributed by atoms with van der Waals surface area (Å²) >= 11 is 0. The number of aliphatic hydroxyl groups excluding tert-OH is 1. The standard InChI is InChI=1S/C12H25NO/c1-4-7-8-10-13(6-3)11-12(14)9-5-2/h5,12,14H,2,4,6-11H2,1,3H3. The summed E-state index contributed by atoms with van der Waals surface area (Å²) in [6.07, 6.45) is 6.02. The van der Waals surface area contributed by atoms with Crippen LogP contribution >= 0.6 is 0 Å². The molecule has 0 aromatic carbocycles. The van der Waals surface area contributed by atoms with E-state index in [9.17, 15) is 5.11 Å². The maximum atomic E-state index is 9.59. The number of aliphatic hydroxyl groups is 1. The number of rotatable bonds is 9. The highest BCUT2D eigenvalue weighted by molar-refractivity contribution is 4.74. The van der Waals surface area contributed by atoms with Gasteiger partial charge in [-0.05, 0) is 25.9 Å². The molecule has 0 radical (unpaired) electrons. The Morgan fingerprint density at radius 1 is 1.36 bits per heavy atom. The van der Waals surface area contributed by atoms with E-state index in [4.69, 9.17) is 0 Å². The van der Waals surface area contributed by atoms with Crippen molar-refractivity contribution in [2.75, 3.05) is 19.6 Å². The normalized spacial score (nSPS) is 13.1. The molecule has 84 valence electrons. The molecule has 2 nitrogen and oxygen atoms in total. The maximum absolute atomic E-state index is 9.59. The van der Waals surface area contributed by atoms with Crippen LogP contribution in [0.3, 0.4) is 0 Å². The van der Waals surface area contributed by atoms with E-state index < -0.39 is 0 Å². The zero-order valence-corrected chi connectivity index (χ0v) is 9.71. The average molecular weight is 199 g/mol. The summed E-state index contributed by atoms with van der Waals surface area (Å²) in [5.41, 5.74) is 0. The van der Waals surface area contributed by atoms with E-state index in [-0.39, 0.29) is 6.10 Å². The second kappa shape index (κ2) is 9.22. The van der Waals surface area contributed by atoms with E-state index in [1.807, 2.05) is 0 Å². The van der Waals surface area contributed by atoms with Crippen LogP contribution in [0, 0.1) is 0 Å². The van der Waals surface area contributed by atoms with Gasteiger partial charge in [0.1, 0.15) is 0 Å². The fourth-order valence-electron chi connectivity index (χ4n) is 1.53. The Labute approximate surface area is 88.6 Å². The van der Waals surface area contributed by atoms with Gasteiger partial charge in [-0.2, -0.15) is 0 Å². The molecule has 0 saturated heterocycles. The zero-order chi connectivity index (χ0) is 10.8. The molecule has 0 amide bonds.